The van der Waals surface area contributed by atoms with Crippen LogP contribution in [0.25, 0.3) is 0 Å². The van der Waals surface area contributed by atoms with Crippen molar-refractivity contribution in [3.8, 4) is 0 Å². The first-order chi connectivity index (χ1) is 10.5. The Kier molecular flexibility index (Phi) is 4.48. The van der Waals surface area contributed by atoms with Gasteiger partial charge in [-0.3, -0.25) is 9.59 Å². The Morgan fingerprint density at radius 1 is 0.783 bits per heavy atom. The highest BCUT2D eigenvalue weighted by molar-refractivity contribution is 6.50. The Labute approximate surface area is 139 Å². The second-order valence-corrected chi connectivity index (χ2v) is 8.28. The average molecular weight is 310 g/mol. The van der Waals surface area contributed by atoms with Gasteiger partial charge in [0, 0.05) is 11.1 Å². The number of hydrogen-bond acceptors (Lipinski definition) is 2. The maximum absolute atomic E-state index is 12.8. The molecule has 0 saturated heterocycles. The number of allylic oxidation sites excluding steroid dienone is 4. The zero-order valence-corrected chi connectivity index (χ0v) is 15.0. The van der Waals surface area contributed by atoms with Crippen LogP contribution in [0, 0.1) is 10.8 Å². The summed E-state index contributed by atoms with van der Waals surface area (Å²) in [6.07, 6.45) is 2.63. The SMILES string of the molecule is CC(C)(C)C1=CC(Cc2ccccc2)=C(C(C)(C)C)C(=O)C1=O. The molecule has 23 heavy (non-hydrogen) atoms. The minimum atomic E-state index is -0.350. The summed E-state index contributed by atoms with van der Waals surface area (Å²) >= 11 is 0. The van der Waals surface area contributed by atoms with Crippen LogP contribution in [0.3, 0.4) is 0 Å². The maximum atomic E-state index is 12.8. The van der Waals surface area contributed by atoms with Gasteiger partial charge in [-0.25, -0.2) is 0 Å². The third kappa shape index (κ3) is 3.69. The number of carbonyl (C=O) groups excluding carboxylic acids is 2. The molecule has 0 spiro atoms. The number of rotatable bonds is 2. The van der Waals surface area contributed by atoms with Crippen molar-refractivity contribution >= 4 is 11.6 Å². The number of carbonyl (C=O) groups is 2. The van der Waals surface area contributed by atoms with E-state index in [2.05, 4.69) is 12.1 Å². The minimum Gasteiger partial charge on any atom is -0.285 e. The van der Waals surface area contributed by atoms with Gasteiger partial charge in [-0.05, 0) is 28.4 Å². The van der Waals surface area contributed by atoms with Gasteiger partial charge in [-0.1, -0.05) is 78.0 Å². The van der Waals surface area contributed by atoms with Gasteiger partial charge in [0.2, 0.25) is 11.6 Å². The van der Waals surface area contributed by atoms with Crippen molar-refractivity contribution in [3.63, 3.8) is 0 Å². The minimum absolute atomic E-state index is 0.335. The van der Waals surface area contributed by atoms with Crippen molar-refractivity contribution in [2.45, 2.75) is 48.0 Å². The highest BCUT2D eigenvalue weighted by Crippen LogP contribution is 2.39. The molecule has 0 aromatic heterocycles. The molecule has 0 heterocycles. The van der Waals surface area contributed by atoms with Crippen molar-refractivity contribution in [1.82, 2.24) is 0 Å². The zero-order chi connectivity index (χ0) is 17.4. The Morgan fingerprint density at radius 2 is 1.35 bits per heavy atom. The third-order valence-electron chi connectivity index (χ3n) is 4.11. The lowest BCUT2D eigenvalue weighted by Crippen LogP contribution is -2.34. The van der Waals surface area contributed by atoms with Crippen LogP contribution in [-0.4, -0.2) is 11.6 Å². The van der Waals surface area contributed by atoms with E-state index in [4.69, 9.17) is 0 Å². The van der Waals surface area contributed by atoms with E-state index in [1.165, 1.54) is 0 Å². The number of Topliss-reactive ketones (excluding diaryl/α,β-unsaturated/α-hetero) is 2. The van der Waals surface area contributed by atoms with E-state index in [0.717, 1.165) is 11.1 Å². The van der Waals surface area contributed by atoms with Crippen LogP contribution in [0.5, 0.6) is 0 Å². The lowest BCUT2D eigenvalue weighted by Gasteiger charge is -2.31. The van der Waals surface area contributed by atoms with Gasteiger partial charge < -0.3 is 0 Å². The highest BCUT2D eigenvalue weighted by Gasteiger charge is 2.39. The molecule has 1 aromatic rings. The van der Waals surface area contributed by atoms with E-state index < -0.39 is 0 Å². The first kappa shape index (κ1) is 17.4. The van der Waals surface area contributed by atoms with Gasteiger partial charge in [0.25, 0.3) is 0 Å². The van der Waals surface area contributed by atoms with Crippen LogP contribution in [0.2, 0.25) is 0 Å². The molecule has 2 nitrogen and oxygen atoms in total. The van der Waals surface area contributed by atoms with Crippen molar-refractivity contribution in [2.24, 2.45) is 10.8 Å². The van der Waals surface area contributed by atoms with E-state index in [1.54, 1.807) is 0 Å². The van der Waals surface area contributed by atoms with Crippen molar-refractivity contribution in [1.29, 1.82) is 0 Å². The van der Waals surface area contributed by atoms with Crippen LogP contribution >= 0.6 is 0 Å². The predicted molar refractivity (Wildman–Crippen MR) is 94.2 cm³/mol. The standard InChI is InChI=1S/C21H26O2/c1-20(2,3)16-13-15(12-14-10-8-7-9-11-14)17(21(4,5)6)19(23)18(16)22/h7-11,13H,12H2,1-6H3. The molecular weight excluding hydrogens is 284 g/mol. The molecule has 0 unspecified atom stereocenters. The molecule has 1 aliphatic carbocycles. The monoisotopic (exact) mass is 310 g/mol. The van der Waals surface area contributed by atoms with Gasteiger partial charge in [-0.2, -0.15) is 0 Å². The second kappa shape index (κ2) is 5.92. The Hall–Kier alpha value is -1.96. The number of hydrogen-bond donors (Lipinski definition) is 0. The lowest BCUT2D eigenvalue weighted by molar-refractivity contribution is -0.133. The van der Waals surface area contributed by atoms with Gasteiger partial charge in [0.1, 0.15) is 0 Å². The van der Waals surface area contributed by atoms with Crippen LogP contribution in [-0.2, 0) is 16.0 Å². The Morgan fingerprint density at radius 3 is 1.83 bits per heavy atom. The molecule has 0 radical (unpaired) electrons. The largest absolute Gasteiger partial charge is 0.285 e. The molecule has 0 aliphatic heterocycles. The van der Waals surface area contributed by atoms with E-state index in [1.807, 2.05) is 65.8 Å². The van der Waals surface area contributed by atoms with E-state index in [9.17, 15) is 9.59 Å². The van der Waals surface area contributed by atoms with Gasteiger partial charge in [0.05, 0.1) is 0 Å². The molecule has 122 valence electrons. The fraction of sp³-hybridized carbons (Fsp3) is 0.429. The third-order valence-corrected chi connectivity index (χ3v) is 4.11. The van der Waals surface area contributed by atoms with Crippen LogP contribution < -0.4 is 0 Å². The van der Waals surface area contributed by atoms with Crippen LogP contribution in [0.1, 0.15) is 47.1 Å². The molecule has 1 aromatic carbocycles. The summed E-state index contributed by atoms with van der Waals surface area (Å²) in [4.78, 5) is 25.4. The maximum Gasteiger partial charge on any atom is 0.230 e. The molecule has 1 aliphatic rings. The normalized spacial score (nSPS) is 16.7. The van der Waals surface area contributed by atoms with Gasteiger partial charge in [-0.15, -0.1) is 0 Å². The summed E-state index contributed by atoms with van der Waals surface area (Å²) < 4.78 is 0. The lowest BCUT2D eigenvalue weighted by atomic mass is 9.70. The van der Waals surface area contributed by atoms with Crippen LogP contribution in [0.15, 0.2) is 53.1 Å². The molecule has 0 atom stereocenters. The topological polar surface area (TPSA) is 34.1 Å². The quantitative estimate of drug-likeness (QED) is 0.586. The van der Waals surface area contributed by atoms with Gasteiger partial charge >= 0.3 is 0 Å². The summed E-state index contributed by atoms with van der Waals surface area (Å²) in [6.45, 7) is 11.9. The average Bonchev–Trinajstić information content (AvgIpc) is 2.41. The van der Waals surface area contributed by atoms with Crippen molar-refractivity contribution in [3.05, 3.63) is 58.7 Å². The van der Waals surface area contributed by atoms with E-state index in [0.29, 0.717) is 17.6 Å². The highest BCUT2D eigenvalue weighted by atomic mass is 16.2. The summed E-state index contributed by atoms with van der Waals surface area (Å²) in [7, 11) is 0. The van der Waals surface area contributed by atoms with Crippen LogP contribution in [0.4, 0.5) is 0 Å². The molecule has 0 fully saturated rings. The predicted octanol–water partition coefficient (Wildman–Crippen LogP) is 4.70. The fourth-order valence-electron chi connectivity index (χ4n) is 3.03. The van der Waals surface area contributed by atoms with Crippen molar-refractivity contribution < 1.29 is 9.59 Å². The fourth-order valence-corrected chi connectivity index (χ4v) is 3.03. The Bertz CT molecular complexity index is 690. The molecule has 2 rings (SSSR count). The summed E-state index contributed by atoms with van der Waals surface area (Å²) in [5.74, 6) is -0.685. The second-order valence-electron chi connectivity index (χ2n) is 8.28. The number of benzene rings is 1. The molecule has 0 saturated carbocycles. The molecule has 0 amide bonds. The first-order valence-electron chi connectivity index (χ1n) is 8.10. The smallest absolute Gasteiger partial charge is 0.230 e. The summed E-state index contributed by atoms with van der Waals surface area (Å²) in [6, 6.07) is 10.1. The summed E-state index contributed by atoms with van der Waals surface area (Å²) in [5, 5.41) is 0. The molecule has 0 N–H and O–H groups in total. The molecule has 2 heteroatoms. The zero-order valence-electron chi connectivity index (χ0n) is 15.0. The van der Waals surface area contributed by atoms with Gasteiger partial charge in [0.15, 0.2) is 0 Å². The first-order valence-corrected chi connectivity index (χ1v) is 8.10. The molecule has 0 bridgehead atoms. The van der Waals surface area contributed by atoms with E-state index in [-0.39, 0.29) is 22.4 Å². The molecular formula is C21H26O2. The number of ketones is 2. The summed E-state index contributed by atoms with van der Waals surface area (Å²) in [5.41, 5.74) is 2.70. The van der Waals surface area contributed by atoms with E-state index >= 15 is 0 Å². The van der Waals surface area contributed by atoms with Crippen molar-refractivity contribution in [2.75, 3.05) is 0 Å². The Balaban J connectivity index is 2.62.